The van der Waals surface area contributed by atoms with Crippen LogP contribution in [0.4, 0.5) is 11.8 Å². The van der Waals surface area contributed by atoms with Gasteiger partial charge in [0.2, 0.25) is 5.95 Å². The van der Waals surface area contributed by atoms with Crippen molar-refractivity contribution < 1.29 is 0 Å². The Hall–Kier alpha value is -2.64. The van der Waals surface area contributed by atoms with E-state index >= 15 is 0 Å². The molecule has 1 aromatic heterocycles. The highest BCUT2D eigenvalue weighted by molar-refractivity contribution is 7.80. The summed E-state index contributed by atoms with van der Waals surface area (Å²) >= 11 is 11.5. The average molecular weight is 469 g/mol. The van der Waals surface area contributed by atoms with Crippen molar-refractivity contribution in [2.24, 2.45) is 0 Å². The van der Waals surface area contributed by atoms with Gasteiger partial charge in [0.25, 0.3) is 0 Å². The molecule has 1 saturated carbocycles. The Balaban J connectivity index is 1.28. The number of aromatic nitrogens is 2. The number of nitrogens with zero attached hydrogens (tertiary/aromatic N) is 3. The summed E-state index contributed by atoms with van der Waals surface area (Å²) < 4.78 is 0. The van der Waals surface area contributed by atoms with E-state index in [9.17, 15) is 0 Å². The molecule has 2 aromatic carbocycles. The summed E-state index contributed by atoms with van der Waals surface area (Å²) in [7, 11) is 4.03. The van der Waals surface area contributed by atoms with Crippen LogP contribution in [0.1, 0.15) is 31.2 Å². The van der Waals surface area contributed by atoms with Crippen LogP contribution in [0.15, 0.2) is 48.5 Å². The number of thiocarbonyl (C=S) groups is 1. The van der Waals surface area contributed by atoms with E-state index in [-0.39, 0.29) is 0 Å². The normalized spacial score (nSPS) is 18.2. The van der Waals surface area contributed by atoms with E-state index in [2.05, 4.69) is 22.0 Å². The lowest BCUT2D eigenvalue weighted by Gasteiger charge is -2.30. The van der Waals surface area contributed by atoms with Gasteiger partial charge in [-0.3, -0.25) is 0 Å². The van der Waals surface area contributed by atoms with Crippen molar-refractivity contribution >= 4 is 51.6 Å². The zero-order valence-electron chi connectivity index (χ0n) is 18.4. The highest BCUT2D eigenvalue weighted by Crippen LogP contribution is 2.26. The maximum absolute atomic E-state index is 6.05. The molecule has 6 nitrogen and oxygen atoms in total. The summed E-state index contributed by atoms with van der Waals surface area (Å²) in [6.07, 6.45) is 4.18. The molecule has 4 rings (SSSR count). The summed E-state index contributed by atoms with van der Waals surface area (Å²) in [5.74, 6) is 1.63. The highest BCUT2D eigenvalue weighted by Gasteiger charge is 2.22. The van der Waals surface area contributed by atoms with E-state index < -0.39 is 0 Å². The first kappa shape index (κ1) is 22.6. The predicted octanol–water partition coefficient (Wildman–Crippen LogP) is 4.74. The Morgan fingerprint density at radius 3 is 2.53 bits per heavy atom. The molecule has 32 heavy (non-hydrogen) atoms. The van der Waals surface area contributed by atoms with E-state index in [0.717, 1.165) is 53.0 Å². The molecule has 0 radical (unpaired) electrons. The van der Waals surface area contributed by atoms with Crippen LogP contribution in [-0.4, -0.2) is 41.3 Å². The van der Waals surface area contributed by atoms with Crippen LogP contribution in [-0.2, 0) is 6.54 Å². The molecule has 1 aliphatic carbocycles. The molecule has 0 unspecified atom stereocenters. The van der Waals surface area contributed by atoms with Gasteiger partial charge in [-0.25, -0.2) is 4.98 Å². The minimum absolute atomic E-state index is 0.359. The zero-order chi connectivity index (χ0) is 22.5. The van der Waals surface area contributed by atoms with Gasteiger partial charge >= 0.3 is 0 Å². The first-order chi connectivity index (χ1) is 15.5. The van der Waals surface area contributed by atoms with Crippen LogP contribution in [0.3, 0.4) is 0 Å². The Morgan fingerprint density at radius 2 is 1.78 bits per heavy atom. The van der Waals surface area contributed by atoms with Crippen LogP contribution < -0.4 is 20.9 Å². The van der Waals surface area contributed by atoms with Crippen LogP contribution >= 0.6 is 23.8 Å². The number of benzene rings is 2. The number of hydrogen-bond donors (Lipinski definition) is 3. The number of anilines is 2. The number of fused-ring (bicyclic) bond motifs is 1. The van der Waals surface area contributed by atoms with E-state index in [4.69, 9.17) is 33.8 Å². The van der Waals surface area contributed by atoms with Gasteiger partial charge in [0.15, 0.2) is 5.11 Å². The van der Waals surface area contributed by atoms with Gasteiger partial charge in [-0.1, -0.05) is 35.9 Å². The predicted molar refractivity (Wildman–Crippen MR) is 138 cm³/mol. The molecule has 1 aliphatic rings. The van der Waals surface area contributed by atoms with Gasteiger partial charge < -0.3 is 20.9 Å². The summed E-state index contributed by atoms with van der Waals surface area (Å²) in [5.41, 5.74) is 2.07. The SMILES string of the molecule is CN(C)c1nc(NC2CCC(NC(=S)NCc3cccc(Cl)c3)CC2)nc2ccccc12. The lowest BCUT2D eigenvalue weighted by Crippen LogP contribution is -2.44. The van der Waals surface area contributed by atoms with E-state index in [1.54, 1.807) is 0 Å². The zero-order valence-corrected chi connectivity index (χ0v) is 20.0. The van der Waals surface area contributed by atoms with Crippen molar-refractivity contribution in [3.8, 4) is 0 Å². The third-order valence-corrected chi connectivity index (χ3v) is 6.24. The fourth-order valence-electron chi connectivity index (χ4n) is 4.10. The van der Waals surface area contributed by atoms with Gasteiger partial charge in [0.05, 0.1) is 5.52 Å². The highest BCUT2D eigenvalue weighted by atomic mass is 35.5. The van der Waals surface area contributed by atoms with Gasteiger partial charge in [0.1, 0.15) is 5.82 Å². The van der Waals surface area contributed by atoms with Crippen molar-refractivity contribution in [2.75, 3.05) is 24.3 Å². The first-order valence-electron chi connectivity index (χ1n) is 11.0. The summed E-state index contributed by atoms with van der Waals surface area (Å²) in [6.45, 7) is 0.663. The minimum Gasteiger partial charge on any atom is -0.362 e. The van der Waals surface area contributed by atoms with Crippen LogP contribution in [0.25, 0.3) is 10.9 Å². The van der Waals surface area contributed by atoms with Gasteiger partial charge in [-0.05, 0) is 67.7 Å². The monoisotopic (exact) mass is 468 g/mol. The van der Waals surface area contributed by atoms with Crippen LogP contribution in [0, 0.1) is 0 Å². The number of halogens is 1. The molecule has 1 fully saturated rings. The topological polar surface area (TPSA) is 65.1 Å². The van der Waals surface area contributed by atoms with E-state index in [1.165, 1.54) is 0 Å². The van der Waals surface area contributed by atoms with Crippen LogP contribution in [0.5, 0.6) is 0 Å². The number of nitrogens with one attached hydrogen (secondary N) is 3. The lowest BCUT2D eigenvalue weighted by molar-refractivity contribution is 0.385. The van der Waals surface area contributed by atoms with Gasteiger partial charge in [0, 0.05) is 43.1 Å². The maximum atomic E-state index is 6.05. The number of para-hydroxylation sites is 1. The van der Waals surface area contributed by atoms with Crippen molar-refractivity contribution in [3.05, 3.63) is 59.1 Å². The Labute approximate surface area is 199 Å². The van der Waals surface area contributed by atoms with E-state index in [1.807, 2.05) is 61.5 Å². The van der Waals surface area contributed by atoms with Crippen molar-refractivity contribution in [2.45, 2.75) is 44.3 Å². The van der Waals surface area contributed by atoms with Crippen molar-refractivity contribution in [1.82, 2.24) is 20.6 Å². The number of hydrogen-bond acceptors (Lipinski definition) is 5. The molecule has 0 spiro atoms. The first-order valence-corrected chi connectivity index (χ1v) is 11.8. The third-order valence-electron chi connectivity index (χ3n) is 5.74. The number of rotatable bonds is 6. The molecule has 8 heteroatoms. The molecule has 1 heterocycles. The van der Waals surface area contributed by atoms with Gasteiger partial charge in [-0.15, -0.1) is 0 Å². The second kappa shape index (κ2) is 10.3. The third kappa shape index (κ3) is 5.78. The summed E-state index contributed by atoms with van der Waals surface area (Å²) in [6, 6.07) is 16.7. The van der Waals surface area contributed by atoms with Crippen LogP contribution in [0.2, 0.25) is 5.02 Å². The lowest BCUT2D eigenvalue weighted by atomic mass is 9.91. The Kier molecular flexibility index (Phi) is 7.27. The van der Waals surface area contributed by atoms with Crippen molar-refractivity contribution in [3.63, 3.8) is 0 Å². The summed E-state index contributed by atoms with van der Waals surface area (Å²) in [5, 5.41) is 12.8. The molecule has 0 atom stereocenters. The molecule has 0 amide bonds. The van der Waals surface area contributed by atoms with Gasteiger partial charge in [-0.2, -0.15) is 4.98 Å². The molecule has 0 saturated heterocycles. The molecule has 3 aromatic rings. The molecular weight excluding hydrogens is 440 g/mol. The Bertz CT molecular complexity index is 1080. The fraction of sp³-hybridized carbons (Fsp3) is 0.375. The molecule has 168 valence electrons. The quantitative estimate of drug-likeness (QED) is 0.451. The second-order valence-electron chi connectivity index (χ2n) is 8.43. The molecule has 3 N–H and O–H groups in total. The molecule has 0 bridgehead atoms. The maximum Gasteiger partial charge on any atom is 0.225 e. The smallest absolute Gasteiger partial charge is 0.225 e. The second-order valence-corrected chi connectivity index (χ2v) is 9.28. The largest absolute Gasteiger partial charge is 0.362 e. The van der Waals surface area contributed by atoms with E-state index in [0.29, 0.717) is 29.7 Å². The average Bonchev–Trinajstić information content (AvgIpc) is 2.78. The summed E-state index contributed by atoms with van der Waals surface area (Å²) in [4.78, 5) is 11.5. The fourth-order valence-corrected chi connectivity index (χ4v) is 4.55. The molecule has 0 aliphatic heterocycles. The minimum atomic E-state index is 0.359. The molecular formula is C24H29ClN6S. The Morgan fingerprint density at radius 1 is 1.03 bits per heavy atom. The van der Waals surface area contributed by atoms with Crippen molar-refractivity contribution in [1.29, 1.82) is 0 Å². The standard InChI is InChI=1S/C24H29ClN6S/c1-31(2)22-20-8-3-4-9-21(20)29-23(30-22)27-18-10-12-19(13-11-18)28-24(32)26-15-16-6-5-7-17(25)14-16/h3-9,14,18-19H,10-13,15H2,1-2H3,(H2,26,28,32)(H,27,29,30).